The van der Waals surface area contributed by atoms with Crippen LogP contribution in [0.25, 0.3) is 6.08 Å². The van der Waals surface area contributed by atoms with Crippen LogP contribution >= 0.6 is 0 Å². The first-order valence-electron chi connectivity index (χ1n) is 8.11. The summed E-state index contributed by atoms with van der Waals surface area (Å²) in [6, 6.07) is 14.2. The van der Waals surface area contributed by atoms with Crippen LogP contribution in [-0.2, 0) is 11.0 Å². The minimum absolute atomic E-state index is 0.218. The molecule has 2 aromatic carbocycles. The second kappa shape index (κ2) is 8.67. The molecular weight excluding hydrogens is 341 g/mol. The van der Waals surface area contributed by atoms with Crippen LogP contribution in [0.3, 0.4) is 0 Å². The molecule has 0 aromatic heterocycles. The number of benzene rings is 2. The summed E-state index contributed by atoms with van der Waals surface area (Å²) in [5.41, 5.74) is 0.538. The molecule has 2 rings (SSSR count). The number of alkyl halides is 3. The van der Waals surface area contributed by atoms with E-state index in [9.17, 15) is 18.0 Å². The van der Waals surface area contributed by atoms with Gasteiger partial charge in [0.1, 0.15) is 0 Å². The van der Waals surface area contributed by atoms with Crippen LogP contribution in [0, 0.1) is 0 Å². The Labute approximate surface area is 151 Å². The number of carbonyl (C=O) groups is 1. The normalized spacial score (nSPS) is 13.2. The summed E-state index contributed by atoms with van der Waals surface area (Å²) < 4.78 is 38.2. The number of halogens is 3. The molecule has 0 bridgehead atoms. The fourth-order valence-corrected chi connectivity index (χ4v) is 2.50. The van der Waals surface area contributed by atoms with Crippen molar-refractivity contribution < 1.29 is 18.0 Å². The lowest BCUT2D eigenvalue weighted by Gasteiger charge is -2.22. The van der Waals surface area contributed by atoms with E-state index in [1.807, 2.05) is 49.3 Å². The van der Waals surface area contributed by atoms with E-state index in [4.69, 9.17) is 0 Å². The third kappa shape index (κ3) is 6.04. The van der Waals surface area contributed by atoms with Crippen LogP contribution in [0.2, 0.25) is 0 Å². The lowest BCUT2D eigenvalue weighted by atomic mass is 10.1. The predicted octanol–water partition coefficient (Wildman–Crippen LogP) is 4.14. The van der Waals surface area contributed by atoms with E-state index in [1.165, 1.54) is 24.3 Å². The van der Waals surface area contributed by atoms with Gasteiger partial charge in [0.15, 0.2) is 0 Å². The van der Waals surface area contributed by atoms with Gasteiger partial charge in [-0.2, -0.15) is 13.2 Å². The molecule has 2 aromatic rings. The number of amides is 1. The number of hydrogen-bond acceptors (Lipinski definition) is 2. The Hall–Kier alpha value is -2.60. The van der Waals surface area contributed by atoms with Gasteiger partial charge in [0, 0.05) is 12.6 Å². The highest BCUT2D eigenvalue weighted by atomic mass is 19.4. The number of hydrogen-bond donors (Lipinski definition) is 1. The lowest BCUT2D eigenvalue weighted by Crippen LogP contribution is -2.34. The average Bonchev–Trinajstić information content (AvgIpc) is 2.59. The molecule has 1 unspecified atom stereocenters. The minimum atomic E-state index is -4.41. The van der Waals surface area contributed by atoms with Gasteiger partial charge >= 0.3 is 6.18 Å². The predicted molar refractivity (Wildman–Crippen MR) is 96.4 cm³/mol. The molecule has 0 fully saturated rings. The lowest BCUT2D eigenvalue weighted by molar-refractivity contribution is -0.137. The van der Waals surface area contributed by atoms with Gasteiger partial charge in [-0.1, -0.05) is 42.5 Å². The van der Waals surface area contributed by atoms with E-state index in [0.717, 1.165) is 17.7 Å². The SMILES string of the molecule is CN(C)CC(NC(=O)/C=C/c1cccc(C(F)(F)F)c1)c1ccccc1. The molecule has 0 heterocycles. The molecule has 1 atom stereocenters. The third-order valence-electron chi connectivity index (χ3n) is 3.71. The van der Waals surface area contributed by atoms with Crippen LogP contribution in [0.1, 0.15) is 22.7 Å². The molecule has 1 amide bonds. The van der Waals surface area contributed by atoms with Crippen molar-refractivity contribution in [3.63, 3.8) is 0 Å². The molecule has 0 aliphatic rings. The Bertz CT molecular complexity index is 755. The van der Waals surface area contributed by atoms with E-state index < -0.39 is 11.7 Å². The molecule has 0 saturated carbocycles. The van der Waals surface area contributed by atoms with Gasteiger partial charge < -0.3 is 10.2 Å². The zero-order chi connectivity index (χ0) is 19.2. The molecule has 0 radical (unpaired) electrons. The Morgan fingerprint density at radius 1 is 1.12 bits per heavy atom. The fourth-order valence-electron chi connectivity index (χ4n) is 2.50. The van der Waals surface area contributed by atoms with E-state index >= 15 is 0 Å². The summed E-state index contributed by atoms with van der Waals surface area (Å²) in [5.74, 6) is -0.363. The van der Waals surface area contributed by atoms with Crippen molar-refractivity contribution in [1.29, 1.82) is 0 Å². The second-order valence-corrected chi connectivity index (χ2v) is 6.19. The van der Waals surface area contributed by atoms with Crippen molar-refractivity contribution in [2.75, 3.05) is 20.6 Å². The maximum Gasteiger partial charge on any atom is 0.416 e. The summed E-state index contributed by atoms with van der Waals surface area (Å²) in [5, 5.41) is 2.89. The molecular formula is C20H21F3N2O. The maximum absolute atomic E-state index is 12.7. The topological polar surface area (TPSA) is 32.3 Å². The zero-order valence-electron chi connectivity index (χ0n) is 14.6. The van der Waals surface area contributed by atoms with Crippen LogP contribution in [0.4, 0.5) is 13.2 Å². The number of nitrogens with one attached hydrogen (secondary N) is 1. The summed E-state index contributed by atoms with van der Waals surface area (Å²) in [4.78, 5) is 14.2. The van der Waals surface area contributed by atoms with Crippen molar-refractivity contribution >= 4 is 12.0 Å². The van der Waals surface area contributed by atoms with Gasteiger partial charge in [0.2, 0.25) is 5.91 Å². The Morgan fingerprint density at radius 3 is 2.42 bits per heavy atom. The number of likely N-dealkylation sites (N-methyl/N-ethyl adjacent to an activating group) is 1. The number of nitrogens with zero attached hydrogens (tertiary/aromatic N) is 1. The van der Waals surface area contributed by atoms with Crippen molar-refractivity contribution in [1.82, 2.24) is 10.2 Å². The number of carbonyl (C=O) groups excluding carboxylic acids is 1. The first-order chi connectivity index (χ1) is 12.3. The quantitative estimate of drug-likeness (QED) is 0.784. The van der Waals surface area contributed by atoms with Crippen LogP contribution in [-0.4, -0.2) is 31.4 Å². The Morgan fingerprint density at radius 2 is 1.81 bits per heavy atom. The van der Waals surface area contributed by atoms with Gasteiger partial charge in [0.25, 0.3) is 0 Å². The largest absolute Gasteiger partial charge is 0.416 e. The van der Waals surface area contributed by atoms with Gasteiger partial charge in [-0.05, 0) is 43.4 Å². The van der Waals surface area contributed by atoms with Gasteiger partial charge in [-0.3, -0.25) is 4.79 Å². The highest BCUT2D eigenvalue weighted by Crippen LogP contribution is 2.29. The Kier molecular flexibility index (Phi) is 6.58. The number of rotatable bonds is 6. The van der Waals surface area contributed by atoms with E-state index in [2.05, 4.69) is 5.32 Å². The van der Waals surface area contributed by atoms with Crippen molar-refractivity contribution in [2.24, 2.45) is 0 Å². The van der Waals surface area contributed by atoms with Gasteiger partial charge in [-0.25, -0.2) is 0 Å². The van der Waals surface area contributed by atoms with Crippen LogP contribution in [0.15, 0.2) is 60.7 Å². The standard InChI is InChI=1S/C20H21F3N2O/c1-25(2)14-18(16-8-4-3-5-9-16)24-19(26)12-11-15-7-6-10-17(13-15)20(21,22)23/h3-13,18H,14H2,1-2H3,(H,24,26)/b12-11+. The smallest absolute Gasteiger partial charge is 0.344 e. The van der Waals surface area contributed by atoms with Crippen molar-refractivity contribution in [3.8, 4) is 0 Å². The summed E-state index contributed by atoms with van der Waals surface area (Å²) in [6.07, 6.45) is -1.78. The van der Waals surface area contributed by atoms with Crippen molar-refractivity contribution in [2.45, 2.75) is 12.2 Å². The van der Waals surface area contributed by atoms with Crippen LogP contribution < -0.4 is 5.32 Å². The monoisotopic (exact) mass is 362 g/mol. The first-order valence-corrected chi connectivity index (χ1v) is 8.11. The summed E-state index contributed by atoms with van der Waals surface area (Å²) in [7, 11) is 3.81. The fraction of sp³-hybridized carbons (Fsp3) is 0.250. The maximum atomic E-state index is 12.7. The van der Waals surface area contributed by atoms with E-state index in [-0.39, 0.29) is 11.9 Å². The van der Waals surface area contributed by atoms with Gasteiger partial charge in [0.05, 0.1) is 11.6 Å². The highest BCUT2D eigenvalue weighted by Gasteiger charge is 2.30. The van der Waals surface area contributed by atoms with E-state index in [1.54, 1.807) is 0 Å². The van der Waals surface area contributed by atoms with Gasteiger partial charge in [-0.15, -0.1) is 0 Å². The summed E-state index contributed by atoms with van der Waals surface area (Å²) >= 11 is 0. The highest BCUT2D eigenvalue weighted by molar-refractivity contribution is 5.92. The van der Waals surface area contributed by atoms with Crippen molar-refractivity contribution in [3.05, 3.63) is 77.4 Å². The summed E-state index contributed by atoms with van der Waals surface area (Å²) in [6.45, 7) is 0.604. The Balaban J connectivity index is 2.09. The first kappa shape index (κ1) is 19.7. The molecule has 0 aliphatic heterocycles. The molecule has 3 nitrogen and oxygen atoms in total. The van der Waals surface area contributed by atoms with Crippen LogP contribution in [0.5, 0.6) is 0 Å². The average molecular weight is 362 g/mol. The zero-order valence-corrected chi connectivity index (χ0v) is 14.6. The molecule has 138 valence electrons. The molecule has 0 saturated heterocycles. The third-order valence-corrected chi connectivity index (χ3v) is 3.71. The molecule has 0 spiro atoms. The molecule has 6 heteroatoms. The molecule has 1 N–H and O–H groups in total. The second-order valence-electron chi connectivity index (χ2n) is 6.19. The van der Waals surface area contributed by atoms with E-state index in [0.29, 0.717) is 12.1 Å². The molecule has 26 heavy (non-hydrogen) atoms. The molecule has 0 aliphatic carbocycles. The minimum Gasteiger partial charge on any atom is -0.344 e.